The summed E-state index contributed by atoms with van der Waals surface area (Å²) in [6, 6.07) is 5.68. The van der Waals surface area contributed by atoms with Crippen LogP contribution in [-0.2, 0) is 6.42 Å². The van der Waals surface area contributed by atoms with E-state index >= 15 is 0 Å². The lowest BCUT2D eigenvalue weighted by molar-refractivity contribution is 0.229. The first-order valence-electron chi connectivity index (χ1n) is 7.09. The van der Waals surface area contributed by atoms with Crippen LogP contribution < -0.4 is 10.1 Å². The first kappa shape index (κ1) is 14.3. The summed E-state index contributed by atoms with van der Waals surface area (Å²) < 4.78 is 18.7. The molecule has 0 amide bonds. The van der Waals surface area contributed by atoms with Gasteiger partial charge in [0, 0.05) is 6.04 Å². The Morgan fingerprint density at radius 2 is 2.05 bits per heavy atom. The Balaban J connectivity index is 2.12. The van der Waals surface area contributed by atoms with Crippen molar-refractivity contribution in [2.75, 3.05) is 14.2 Å². The Morgan fingerprint density at radius 1 is 1.37 bits per heavy atom. The lowest BCUT2D eigenvalue weighted by Crippen LogP contribution is -2.41. The Morgan fingerprint density at radius 3 is 2.58 bits per heavy atom. The molecule has 0 aliphatic heterocycles. The number of methoxy groups -OCH3 is 1. The van der Waals surface area contributed by atoms with Gasteiger partial charge in [0.2, 0.25) is 0 Å². The van der Waals surface area contributed by atoms with Crippen LogP contribution in [0.3, 0.4) is 0 Å². The number of ether oxygens (including phenoxy) is 1. The third kappa shape index (κ3) is 3.08. The number of rotatable bonds is 5. The van der Waals surface area contributed by atoms with Crippen molar-refractivity contribution in [3.05, 3.63) is 29.6 Å². The molecule has 0 aromatic heterocycles. The molecule has 1 saturated carbocycles. The van der Waals surface area contributed by atoms with Crippen molar-refractivity contribution in [2.24, 2.45) is 5.41 Å². The molecule has 0 spiro atoms. The van der Waals surface area contributed by atoms with Crippen LogP contribution in [0.25, 0.3) is 0 Å². The fourth-order valence-electron chi connectivity index (χ4n) is 3.30. The second kappa shape index (κ2) is 5.91. The van der Waals surface area contributed by atoms with E-state index in [4.69, 9.17) is 4.74 Å². The van der Waals surface area contributed by atoms with Crippen LogP contribution in [0.2, 0.25) is 0 Å². The minimum Gasteiger partial charge on any atom is -0.494 e. The summed E-state index contributed by atoms with van der Waals surface area (Å²) >= 11 is 0. The van der Waals surface area contributed by atoms with E-state index in [0.717, 1.165) is 12.0 Å². The first-order chi connectivity index (χ1) is 9.09. The number of halogens is 1. The molecule has 2 nitrogen and oxygen atoms in total. The number of hydrogen-bond acceptors (Lipinski definition) is 2. The van der Waals surface area contributed by atoms with Crippen molar-refractivity contribution in [1.29, 1.82) is 0 Å². The van der Waals surface area contributed by atoms with Gasteiger partial charge >= 0.3 is 0 Å². The number of benzene rings is 1. The summed E-state index contributed by atoms with van der Waals surface area (Å²) in [5, 5.41) is 3.43. The van der Waals surface area contributed by atoms with E-state index in [-0.39, 0.29) is 5.82 Å². The molecule has 1 unspecified atom stereocenters. The lowest BCUT2D eigenvalue weighted by atomic mass is 9.78. The van der Waals surface area contributed by atoms with Gasteiger partial charge in [-0.15, -0.1) is 0 Å². The van der Waals surface area contributed by atoms with Crippen LogP contribution in [0.15, 0.2) is 18.2 Å². The number of nitrogens with one attached hydrogen (secondary N) is 1. The van der Waals surface area contributed by atoms with E-state index in [0.29, 0.717) is 17.2 Å². The average Bonchev–Trinajstić information content (AvgIpc) is 2.84. The molecule has 0 saturated heterocycles. The molecule has 0 radical (unpaired) electrons. The highest BCUT2D eigenvalue weighted by Gasteiger charge is 2.36. The smallest absolute Gasteiger partial charge is 0.165 e. The van der Waals surface area contributed by atoms with E-state index in [1.165, 1.54) is 32.8 Å². The van der Waals surface area contributed by atoms with Gasteiger partial charge in [-0.25, -0.2) is 4.39 Å². The second-order valence-corrected chi connectivity index (χ2v) is 5.88. The summed E-state index contributed by atoms with van der Waals surface area (Å²) in [5.41, 5.74) is 1.37. The monoisotopic (exact) mass is 265 g/mol. The van der Waals surface area contributed by atoms with Gasteiger partial charge in [0.05, 0.1) is 7.11 Å². The average molecular weight is 265 g/mol. The second-order valence-electron chi connectivity index (χ2n) is 5.88. The molecule has 1 aliphatic rings. The maximum Gasteiger partial charge on any atom is 0.165 e. The largest absolute Gasteiger partial charge is 0.494 e. The summed E-state index contributed by atoms with van der Waals surface area (Å²) in [5.74, 6) is 0.0447. The molecule has 1 fully saturated rings. The molecule has 1 aromatic carbocycles. The molecule has 1 aliphatic carbocycles. The molecule has 0 bridgehead atoms. The molecular formula is C16H24FNO. The molecule has 19 heavy (non-hydrogen) atoms. The highest BCUT2D eigenvalue weighted by atomic mass is 19.1. The van der Waals surface area contributed by atoms with Gasteiger partial charge in [-0.1, -0.05) is 25.8 Å². The van der Waals surface area contributed by atoms with Crippen LogP contribution in [-0.4, -0.2) is 20.2 Å². The third-order valence-corrected chi connectivity index (χ3v) is 4.59. The fourth-order valence-corrected chi connectivity index (χ4v) is 3.30. The standard InChI is InChI=1S/C16H24FNO/c1-16(8-4-5-9-16)15(18-2)11-12-6-7-14(19-3)13(17)10-12/h6-7,10,15,18H,4-5,8-9,11H2,1-3H3. The van der Waals surface area contributed by atoms with Crippen molar-refractivity contribution in [1.82, 2.24) is 5.32 Å². The Labute approximate surface area is 115 Å². The van der Waals surface area contributed by atoms with Gasteiger partial charge in [0.15, 0.2) is 11.6 Å². The zero-order chi connectivity index (χ0) is 13.9. The Bertz CT molecular complexity index is 427. The van der Waals surface area contributed by atoms with E-state index in [2.05, 4.69) is 12.2 Å². The van der Waals surface area contributed by atoms with Crippen LogP contribution in [0.4, 0.5) is 4.39 Å². The Kier molecular flexibility index (Phi) is 4.46. The van der Waals surface area contributed by atoms with Crippen molar-refractivity contribution < 1.29 is 9.13 Å². The topological polar surface area (TPSA) is 21.3 Å². The zero-order valence-electron chi connectivity index (χ0n) is 12.1. The normalized spacial score (nSPS) is 19.4. The van der Waals surface area contributed by atoms with Crippen molar-refractivity contribution >= 4 is 0 Å². The summed E-state index contributed by atoms with van der Waals surface area (Å²) in [4.78, 5) is 0. The van der Waals surface area contributed by atoms with Gasteiger partial charge in [0.25, 0.3) is 0 Å². The van der Waals surface area contributed by atoms with Crippen molar-refractivity contribution in [3.63, 3.8) is 0 Å². The third-order valence-electron chi connectivity index (χ3n) is 4.59. The van der Waals surface area contributed by atoms with Crippen molar-refractivity contribution in [2.45, 2.75) is 45.1 Å². The number of likely N-dealkylation sites (N-methyl/N-ethyl adjacent to an activating group) is 1. The minimum absolute atomic E-state index is 0.272. The first-order valence-corrected chi connectivity index (χ1v) is 7.09. The minimum atomic E-state index is -0.272. The van der Waals surface area contributed by atoms with Crippen LogP contribution >= 0.6 is 0 Å². The van der Waals surface area contributed by atoms with E-state index < -0.39 is 0 Å². The van der Waals surface area contributed by atoms with E-state index in [9.17, 15) is 4.39 Å². The molecule has 3 heteroatoms. The fraction of sp³-hybridized carbons (Fsp3) is 0.625. The van der Waals surface area contributed by atoms with Crippen LogP contribution in [0.5, 0.6) is 5.75 Å². The summed E-state index contributed by atoms with van der Waals surface area (Å²) in [6.07, 6.45) is 6.01. The molecule has 2 rings (SSSR count). The van der Waals surface area contributed by atoms with Gasteiger partial charge < -0.3 is 10.1 Å². The SMILES string of the molecule is CNC(Cc1ccc(OC)c(F)c1)C1(C)CCCC1. The molecule has 1 N–H and O–H groups in total. The maximum absolute atomic E-state index is 13.7. The zero-order valence-corrected chi connectivity index (χ0v) is 12.1. The molecule has 1 atom stereocenters. The van der Waals surface area contributed by atoms with Gasteiger partial charge in [-0.05, 0) is 49.4 Å². The Hall–Kier alpha value is -1.09. The molecule has 0 heterocycles. The predicted molar refractivity (Wildman–Crippen MR) is 76.1 cm³/mol. The highest BCUT2D eigenvalue weighted by molar-refractivity contribution is 5.30. The summed E-state index contributed by atoms with van der Waals surface area (Å²) in [6.45, 7) is 2.35. The van der Waals surface area contributed by atoms with E-state index in [1.807, 2.05) is 13.1 Å². The van der Waals surface area contributed by atoms with Crippen LogP contribution in [0, 0.1) is 11.2 Å². The molecule has 1 aromatic rings. The van der Waals surface area contributed by atoms with E-state index in [1.54, 1.807) is 12.1 Å². The van der Waals surface area contributed by atoms with Gasteiger partial charge in [-0.3, -0.25) is 0 Å². The highest BCUT2D eigenvalue weighted by Crippen LogP contribution is 2.41. The lowest BCUT2D eigenvalue weighted by Gasteiger charge is -2.34. The molecular weight excluding hydrogens is 241 g/mol. The van der Waals surface area contributed by atoms with Crippen molar-refractivity contribution in [3.8, 4) is 5.75 Å². The van der Waals surface area contributed by atoms with Gasteiger partial charge in [0.1, 0.15) is 0 Å². The summed E-state index contributed by atoms with van der Waals surface area (Å²) in [7, 11) is 3.50. The predicted octanol–water partition coefficient (Wildman–Crippen LogP) is 3.55. The van der Waals surface area contributed by atoms with Gasteiger partial charge in [-0.2, -0.15) is 0 Å². The maximum atomic E-state index is 13.7. The van der Waals surface area contributed by atoms with Crippen LogP contribution in [0.1, 0.15) is 38.2 Å². The number of hydrogen-bond donors (Lipinski definition) is 1. The molecule has 106 valence electrons. The quantitative estimate of drug-likeness (QED) is 0.879.